The van der Waals surface area contributed by atoms with E-state index in [9.17, 15) is 4.79 Å². The van der Waals surface area contributed by atoms with Crippen LogP contribution in [0.15, 0.2) is 18.3 Å². The van der Waals surface area contributed by atoms with Crippen LogP contribution < -0.4 is 10.6 Å². The summed E-state index contributed by atoms with van der Waals surface area (Å²) in [5.41, 5.74) is 1.95. The Morgan fingerprint density at radius 2 is 2.29 bits per heavy atom. The molecule has 2 N–H and O–H groups in total. The van der Waals surface area contributed by atoms with E-state index in [-0.39, 0.29) is 5.91 Å². The summed E-state index contributed by atoms with van der Waals surface area (Å²) in [6.07, 6.45) is 2.20. The van der Waals surface area contributed by atoms with Crippen molar-refractivity contribution in [1.82, 2.24) is 10.3 Å². The van der Waals surface area contributed by atoms with E-state index in [2.05, 4.69) is 15.6 Å². The number of rotatable bonds is 7. The van der Waals surface area contributed by atoms with E-state index in [0.717, 1.165) is 11.4 Å². The summed E-state index contributed by atoms with van der Waals surface area (Å²) in [7, 11) is 1.61. The van der Waals surface area contributed by atoms with Gasteiger partial charge in [0.15, 0.2) is 0 Å². The summed E-state index contributed by atoms with van der Waals surface area (Å²) in [5, 5.41) is 5.94. The highest BCUT2D eigenvalue weighted by Crippen LogP contribution is 2.06. The molecule has 5 nitrogen and oxygen atoms in total. The van der Waals surface area contributed by atoms with Crippen LogP contribution in [0.5, 0.6) is 0 Å². The third-order valence-corrected chi connectivity index (χ3v) is 2.21. The summed E-state index contributed by atoms with van der Waals surface area (Å²) in [6, 6.07) is 3.83. The number of hydrogen-bond acceptors (Lipinski definition) is 4. The molecular weight excluding hydrogens is 218 g/mol. The highest BCUT2D eigenvalue weighted by atomic mass is 16.5. The van der Waals surface area contributed by atoms with E-state index >= 15 is 0 Å². The minimum Gasteiger partial charge on any atom is -0.384 e. The number of aryl methyl sites for hydroxylation is 1. The van der Waals surface area contributed by atoms with Gasteiger partial charge in [-0.05, 0) is 19.1 Å². The Kier molecular flexibility index (Phi) is 6.03. The Morgan fingerprint density at radius 1 is 1.47 bits per heavy atom. The first kappa shape index (κ1) is 13.4. The molecule has 94 valence electrons. The average molecular weight is 237 g/mol. The van der Waals surface area contributed by atoms with Crippen molar-refractivity contribution in [2.45, 2.75) is 13.3 Å². The maximum atomic E-state index is 11.4. The first-order valence-electron chi connectivity index (χ1n) is 5.64. The van der Waals surface area contributed by atoms with Crippen LogP contribution >= 0.6 is 0 Å². The molecule has 0 aliphatic heterocycles. The number of carbonyl (C=O) groups excluding carboxylic acids is 1. The summed E-state index contributed by atoms with van der Waals surface area (Å²) >= 11 is 0. The Balaban J connectivity index is 2.17. The molecule has 0 unspecified atom stereocenters. The summed E-state index contributed by atoms with van der Waals surface area (Å²) in [6.45, 7) is 3.65. The Morgan fingerprint density at radius 3 is 3.00 bits per heavy atom. The van der Waals surface area contributed by atoms with Gasteiger partial charge in [0.2, 0.25) is 5.91 Å². The average Bonchev–Trinajstić information content (AvgIpc) is 2.29. The lowest BCUT2D eigenvalue weighted by Crippen LogP contribution is -2.28. The molecule has 1 aromatic heterocycles. The lowest BCUT2D eigenvalue weighted by atomic mass is 10.3. The zero-order valence-electron chi connectivity index (χ0n) is 10.3. The van der Waals surface area contributed by atoms with Crippen LogP contribution in [0.1, 0.15) is 12.1 Å². The SMILES string of the molecule is COCCNC(=O)CCNc1ccnc(C)c1. The van der Waals surface area contributed by atoms with Crippen molar-refractivity contribution in [3.05, 3.63) is 24.0 Å². The van der Waals surface area contributed by atoms with Crippen LogP contribution in [-0.4, -0.2) is 37.7 Å². The number of nitrogens with zero attached hydrogens (tertiary/aromatic N) is 1. The molecule has 1 aromatic rings. The maximum Gasteiger partial charge on any atom is 0.221 e. The van der Waals surface area contributed by atoms with Crippen molar-refractivity contribution in [1.29, 1.82) is 0 Å². The van der Waals surface area contributed by atoms with Crippen LogP contribution in [-0.2, 0) is 9.53 Å². The second-order valence-corrected chi connectivity index (χ2v) is 3.71. The van der Waals surface area contributed by atoms with Gasteiger partial charge < -0.3 is 15.4 Å². The molecule has 17 heavy (non-hydrogen) atoms. The zero-order valence-corrected chi connectivity index (χ0v) is 10.3. The molecule has 0 aliphatic carbocycles. The standard InChI is InChI=1S/C12H19N3O2/c1-10-9-11(3-5-13-10)14-6-4-12(16)15-7-8-17-2/h3,5,9H,4,6-8H2,1-2H3,(H,13,14)(H,15,16). The lowest BCUT2D eigenvalue weighted by molar-refractivity contribution is -0.121. The van der Waals surface area contributed by atoms with E-state index in [4.69, 9.17) is 4.74 Å². The van der Waals surface area contributed by atoms with Crippen molar-refractivity contribution in [3.63, 3.8) is 0 Å². The van der Waals surface area contributed by atoms with Crippen LogP contribution in [0.3, 0.4) is 0 Å². The minimum absolute atomic E-state index is 0.0281. The molecule has 0 bridgehead atoms. The van der Waals surface area contributed by atoms with E-state index < -0.39 is 0 Å². The van der Waals surface area contributed by atoms with Gasteiger partial charge in [-0.2, -0.15) is 0 Å². The molecule has 0 aromatic carbocycles. The van der Waals surface area contributed by atoms with Crippen LogP contribution in [0.25, 0.3) is 0 Å². The molecule has 0 fully saturated rings. The normalized spacial score (nSPS) is 10.0. The van der Waals surface area contributed by atoms with Gasteiger partial charge in [-0.15, -0.1) is 0 Å². The first-order valence-corrected chi connectivity index (χ1v) is 5.64. The fourth-order valence-corrected chi connectivity index (χ4v) is 1.36. The van der Waals surface area contributed by atoms with Crippen LogP contribution in [0.4, 0.5) is 5.69 Å². The Labute approximate surface area is 102 Å². The van der Waals surface area contributed by atoms with Gasteiger partial charge in [-0.3, -0.25) is 9.78 Å². The maximum absolute atomic E-state index is 11.4. The van der Waals surface area contributed by atoms with Crippen LogP contribution in [0.2, 0.25) is 0 Å². The third-order valence-electron chi connectivity index (χ3n) is 2.21. The highest BCUT2D eigenvalue weighted by Gasteiger charge is 2.00. The van der Waals surface area contributed by atoms with Crippen molar-refractivity contribution >= 4 is 11.6 Å². The van der Waals surface area contributed by atoms with Crippen molar-refractivity contribution in [2.24, 2.45) is 0 Å². The predicted octanol–water partition coefficient (Wildman–Crippen LogP) is 0.955. The monoisotopic (exact) mass is 237 g/mol. The number of amides is 1. The van der Waals surface area contributed by atoms with Gasteiger partial charge in [-0.1, -0.05) is 0 Å². The molecule has 0 spiro atoms. The fraction of sp³-hybridized carbons (Fsp3) is 0.500. The van der Waals surface area contributed by atoms with E-state index in [0.29, 0.717) is 26.1 Å². The number of pyridine rings is 1. The van der Waals surface area contributed by atoms with Crippen molar-refractivity contribution in [3.8, 4) is 0 Å². The fourth-order valence-electron chi connectivity index (χ4n) is 1.36. The number of anilines is 1. The molecule has 0 saturated carbocycles. The van der Waals surface area contributed by atoms with Gasteiger partial charge in [0.1, 0.15) is 0 Å². The number of carbonyl (C=O) groups is 1. The summed E-state index contributed by atoms with van der Waals surface area (Å²) in [5.74, 6) is 0.0281. The lowest BCUT2D eigenvalue weighted by Gasteiger charge is -2.07. The molecular formula is C12H19N3O2. The number of aromatic nitrogens is 1. The van der Waals surface area contributed by atoms with Gasteiger partial charge in [0.05, 0.1) is 6.61 Å². The van der Waals surface area contributed by atoms with E-state index in [1.54, 1.807) is 13.3 Å². The topological polar surface area (TPSA) is 63.2 Å². The molecule has 5 heteroatoms. The predicted molar refractivity (Wildman–Crippen MR) is 67.0 cm³/mol. The molecule has 1 amide bonds. The molecule has 0 saturated heterocycles. The Bertz CT molecular complexity index is 355. The molecule has 1 heterocycles. The smallest absolute Gasteiger partial charge is 0.221 e. The highest BCUT2D eigenvalue weighted by molar-refractivity contribution is 5.76. The second-order valence-electron chi connectivity index (χ2n) is 3.71. The zero-order chi connectivity index (χ0) is 12.5. The number of hydrogen-bond donors (Lipinski definition) is 2. The molecule has 0 radical (unpaired) electrons. The van der Waals surface area contributed by atoms with Crippen molar-refractivity contribution < 1.29 is 9.53 Å². The first-order chi connectivity index (χ1) is 8.22. The van der Waals surface area contributed by atoms with Gasteiger partial charge in [0, 0.05) is 44.2 Å². The number of methoxy groups -OCH3 is 1. The number of nitrogens with one attached hydrogen (secondary N) is 2. The van der Waals surface area contributed by atoms with Gasteiger partial charge >= 0.3 is 0 Å². The number of ether oxygens (including phenoxy) is 1. The van der Waals surface area contributed by atoms with Crippen LogP contribution in [0, 0.1) is 6.92 Å². The second kappa shape index (κ2) is 7.62. The summed E-state index contributed by atoms with van der Waals surface area (Å²) < 4.78 is 4.84. The quantitative estimate of drug-likeness (QED) is 0.693. The third kappa shape index (κ3) is 5.87. The summed E-state index contributed by atoms with van der Waals surface area (Å²) in [4.78, 5) is 15.5. The van der Waals surface area contributed by atoms with Crippen molar-refractivity contribution in [2.75, 3.05) is 32.1 Å². The Hall–Kier alpha value is -1.62. The largest absolute Gasteiger partial charge is 0.384 e. The molecule has 0 aliphatic rings. The van der Waals surface area contributed by atoms with Gasteiger partial charge in [0.25, 0.3) is 0 Å². The van der Waals surface area contributed by atoms with E-state index in [1.165, 1.54) is 0 Å². The van der Waals surface area contributed by atoms with E-state index in [1.807, 2.05) is 19.1 Å². The minimum atomic E-state index is 0.0281. The van der Waals surface area contributed by atoms with Gasteiger partial charge in [-0.25, -0.2) is 0 Å². The molecule has 0 atom stereocenters. The molecule has 1 rings (SSSR count).